The fourth-order valence-corrected chi connectivity index (χ4v) is 3.35. The molecule has 1 fully saturated rings. The van der Waals surface area contributed by atoms with Crippen LogP contribution in [-0.4, -0.2) is 58.0 Å². The molecule has 11 nitrogen and oxygen atoms in total. The first-order chi connectivity index (χ1) is 15.9. The maximum Gasteiger partial charge on any atom is 0.276 e. The van der Waals surface area contributed by atoms with Gasteiger partial charge in [-0.05, 0) is 48.9 Å². The highest BCUT2D eigenvalue weighted by Crippen LogP contribution is 2.23. The van der Waals surface area contributed by atoms with Gasteiger partial charge in [-0.3, -0.25) is 14.4 Å². The highest BCUT2D eigenvalue weighted by atomic mass is 35.5. The van der Waals surface area contributed by atoms with Crippen LogP contribution in [0.5, 0.6) is 0 Å². The fraction of sp³-hybridized carbons (Fsp3) is 0.182. The van der Waals surface area contributed by atoms with Crippen LogP contribution in [0.3, 0.4) is 0 Å². The number of benzene rings is 1. The van der Waals surface area contributed by atoms with Gasteiger partial charge in [0, 0.05) is 24.3 Å². The molecule has 0 aliphatic carbocycles. The Morgan fingerprint density at radius 2 is 1.88 bits per heavy atom. The van der Waals surface area contributed by atoms with Gasteiger partial charge in [-0.2, -0.15) is 0 Å². The minimum absolute atomic E-state index is 0. The van der Waals surface area contributed by atoms with Gasteiger partial charge in [0.1, 0.15) is 5.82 Å². The van der Waals surface area contributed by atoms with Crippen LogP contribution in [0, 0.1) is 6.92 Å². The number of carbonyl (C=O) groups excluding carboxylic acids is 3. The number of nitrogens with zero attached hydrogens (tertiary/aromatic N) is 4. The first-order valence-electron chi connectivity index (χ1n) is 10.1. The third-order valence-corrected chi connectivity index (χ3v) is 5.11. The van der Waals surface area contributed by atoms with Crippen molar-refractivity contribution >= 4 is 46.6 Å². The van der Waals surface area contributed by atoms with E-state index in [0.717, 1.165) is 5.56 Å². The SMILES string of the molecule is Cc1ccc(NC(=O)c2cc(Cl)ccc2NC(=O)c2ccc(N3CCNC(=O)C3)nn2)nc1.O. The number of carbonyl (C=O) groups is 3. The smallest absolute Gasteiger partial charge is 0.276 e. The zero-order valence-corrected chi connectivity index (χ0v) is 18.9. The zero-order valence-electron chi connectivity index (χ0n) is 18.1. The lowest BCUT2D eigenvalue weighted by Crippen LogP contribution is -2.48. The van der Waals surface area contributed by atoms with Crippen molar-refractivity contribution in [2.24, 2.45) is 0 Å². The maximum atomic E-state index is 12.8. The molecule has 12 heteroatoms. The number of rotatable bonds is 5. The lowest BCUT2D eigenvalue weighted by Gasteiger charge is -2.27. The van der Waals surface area contributed by atoms with E-state index in [2.05, 4.69) is 31.1 Å². The average Bonchev–Trinajstić information content (AvgIpc) is 2.81. The summed E-state index contributed by atoms with van der Waals surface area (Å²) in [7, 11) is 0. The Bertz CT molecular complexity index is 1200. The quantitative estimate of drug-likeness (QED) is 0.494. The van der Waals surface area contributed by atoms with Gasteiger partial charge in [0.15, 0.2) is 11.5 Å². The lowest BCUT2D eigenvalue weighted by molar-refractivity contribution is -0.120. The number of hydrogen-bond donors (Lipinski definition) is 3. The zero-order chi connectivity index (χ0) is 23.4. The Labute approximate surface area is 199 Å². The number of piperazine rings is 1. The molecule has 176 valence electrons. The Kier molecular flexibility index (Phi) is 7.71. The minimum atomic E-state index is -0.546. The summed E-state index contributed by atoms with van der Waals surface area (Å²) in [5, 5.41) is 16.5. The number of aryl methyl sites for hydroxylation is 1. The molecule has 0 spiro atoms. The Hall–Kier alpha value is -4.09. The van der Waals surface area contributed by atoms with Crippen molar-refractivity contribution in [3.63, 3.8) is 0 Å². The van der Waals surface area contributed by atoms with E-state index in [0.29, 0.717) is 29.7 Å². The van der Waals surface area contributed by atoms with Crippen LogP contribution in [0.2, 0.25) is 5.02 Å². The predicted molar refractivity (Wildman–Crippen MR) is 127 cm³/mol. The van der Waals surface area contributed by atoms with Crippen molar-refractivity contribution in [2.45, 2.75) is 6.92 Å². The minimum Gasteiger partial charge on any atom is -0.412 e. The number of amides is 3. The van der Waals surface area contributed by atoms with Gasteiger partial charge >= 0.3 is 0 Å². The van der Waals surface area contributed by atoms with Crippen LogP contribution in [0.1, 0.15) is 26.4 Å². The van der Waals surface area contributed by atoms with Crippen LogP contribution >= 0.6 is 11.6 Å². The normalized spacial score (nSPS) is 12.9. The summed E-state index contributed by atoms with van der Waals surface area (Å²) in [6.45, 7) is 3.19. The standard InChI is InChI=1S/C22H20ClN7O3.H2O/c1-13-2-6-18(25-11-13)27-21(32)15-10-14(23)3-4-16(15)26-22(33)17-5-7-19(29-28-17)30-9-8-24-20(31)12-30;/h2-7,10-11H,8-9,12H2,1H3,(H,24,31)(H,26,33)(H,25,27,32);1H2. The molecule has 0 atom stereocenters. The molecule has 2 aromatic heterocycles. The van der Waals surface area contributed by atoms with Crippen molar-refractivity contribution in [1.29, 1.82) is 0 Å². The number of anilines is 3. The first kappa shape index (κ1) is 24.6. The highest BCUT2D eigenvalue weighted by molar-refractivity contribution is 6.31. The molecule has 0 bridgehead atoms. The summed E-state index contributed by atoms with van der Waals surface area (Å²) in [5.74, 6) is -0.252. The molecule has 3 aromatic rings. The van der Waals surface area contributed by atoms with Crippen LogP contribution < -0.4 is 20.9 Å². The highest BCUT2D eigenvalue weighted by Gasteiger charge is 2.20. The number of pyridine rings is 1. The summed E-state index contributed by atoms with van der Waals surface area (Å²) in [5.41, 5.74) is 1.44. The van der Waals surface area contributed by atoms with Gasteiger partial charge < -0.3 is 26.3 Å². The third kappa shape index (κ3) is 5.82. The van der Waals surface area contributed by atoms with Crippen molar-refractivity contribution < 1.29 is 19.9 Å². The molecule has 0 unspecified atom stereocenters. The topological polar surface area (TPSA) is 161 Å². The van der Waals surface area contributed by atoms with Crippen LogP contribution in [0.4, 0.5) is 17.3 Å². The molecule has 0 saturated carbocycles. The third-order valence-electron chi connectivity index (χ3n) is 4.87. The van der Waals surface area contributed by atoms with E-state index in [1.54, 1.807) is 29.3 Å². The number of hydrogen-bond acceptors (Lipinski definition) is 7. The second-order valence-corrected chi connectivity index (χ2v) is 7.80. The Balaban J connectivity index is 0.00000324. The summed E-state index contributed by atoms with van der Waals surface area (Å²) < 4.78 is 0. The van der Waals surface area contributed by atoms with E-state index in [4.69, 9.17) is 11.6 Å². The van der Waals surface area contributed by atoms with Crippen molar-refractivity contribution in [1.82, 2.24) is 20.5 Å². The van der Waals surface area contributed by atoms with Gasteiger partial charge in [0.05, 0.1) is 17.8 Å². The summed E-state index contributed by atoms with van der Waals surface area (Å²) in [6.07, 6.45) is 1.63. The summed E-state index contributed by atoms with van der Waals surface area (Å²) >= 11 is 6.08. The molecule has 0 radical (unpaired) electrons. The van der Waals surface area contributed by atoms with Gasteiger partial charge in [0.2, 0.25) is 5.91 Å². The predicted octanol–water partition coefficient (Wildman–Crippen LogP) is 1.45. The maximum absolute atomic E-state index is 12.8. The molecule has 5 N–H and O–H groups in total. The number of nitrogens with one attached hydrogen (secondary N) is 3. The van der Waals surface area contributed by atoms with Gasteiger partial charge in [-0.15, -0.1) is 10.2 Å². The molecular formula is C22H22ClN7O4. The molecule has 3 heterocycles. The van der Waals surface area contributed by atoms with Gasteiger partial charge in [-0.1, -0.05) is 17.7 Å². The fourth-order valence-electron chi connectivity index (χ4n) is 3.17. The molecule has 1 aliphatic rings. The van der Waals surface area contributed by atoms with E-state index in [-0.39, 0.29) is 34.9 Å². The molecule has 1 saturated heterocycles. The molecule has 1 aliphatic heterocycles. The molecule has 1 aromatic carbocycles. The van der Waals surface area contributed by atoms with Crippen molar-refractivity contribution in [3.8, 4) is 0 Å². The summed E-state index contributed by atoms with van der Waals surface area (Å²) in [6, 6.07) is 11.2. The van der Waals surface area contributed by atoms with E-state index in [9.17, 15) is 14.4 Å². The Morgan fingerprint density at radius 1 is 1.06 bits per heavy atom. The monoisotopic (exact) mass is 483 g/mol. The second-order valence-electron chi connectivity index (χ2n) is 7.37. The molecule has 34 heavy (non-hydrogen) atoms. The number of halogens is 1. The average molecular weight is 484 g/mol. The van der Waals surface area contributed by atoms with Gasteiger partial charge in [-0.25, -0.2) is 4.98 Å². The molecule has 3 amide bonds. The summed E-state index contributed by atoms with van der Waals surface area (Å²) in [4.78, 5) is 43.0. The first-order valence-corrected chi connectivity index (χ1v) is 10.5. The van der Waals surface area contributed by atoms with Crippen LogP contribution in [0.15, 0.2) is 48.7 Å². The van der Waals surface area contributed by atoms with Crippen LogP contribution in [-0.2, 0) is 4.79 Å². The molecule has 4 rings (SSSR count). The molecular weight excluding hydrogens is 462 g/mol. The lowest BCUT2D eigenvalue weighted by atomic mass is 10.1. The number of aromatic nitrogens is 3. The van der Waals surface area contributed by atoms with Gasteiger partial charge in [0.25, 0.3) is 11.8 Å². The van der Waals surface area contributed by atoms with E-state index < -0.39 is 11.8 Å². The largest absolute Gasteiger partial charge is 0.412 e. The van der Waals surface area contributed by atoms with E-state index in [1.807, 2.05) is 13.0 Å². The van der Waals surface area contributed by atoms with Crippen LogP contribution in [0.25, 0.3) is 0 Å². The second kappa shape index (κ2) is 10.7. The van der Waals surface area contributed by atoms with Crippen molar-refractivity contribution in [2.75, 3.05) is 35.2 Å². The van der Waals surface area contributed by atoms with E-state index in [1.165, 1.54) is 18.2 Å². The van der Waals surface area contributed by atoms with Crippen molar-refractivity contribution in [3.05, 3.63) is 70.5 Å². The Morgan fingerprint density at radius 3 is 2.56 bits per heavy atom. The van der Waals surface area contributed by atoms with E-state index >= 15 is 0 Å².